The smallest absolute Gasteiger partial charge is 0.372 e. The molecule has 2 rings (SSSR count). The standard InChI is InChI=1S/C13H20N4O4/c1-4-8(2)14-12-10(17(18)19)13(20-3)16-11(15-12)9-6-5-7-21-9/h8-9H,4-7H2,1-3H3,(H,14,15,16). The third kappa shape index (κ3) is 3.38. The molecular formula is C13H20N4O4. The minimum absolute atomic E-state index is 0.0358. The molecule has 0 radical (unpaired) electrons. The predicted molar refractivity (Wildman–Crippen MR) is 76.5 cm³/mol. The molecule has 0 bridgehead atoms. The molecule has 1 aliphatic heterocycles. The van der Waals surface area contributed by atoms with Crippen molar-refractivity contribution in [3.8, 4) is 5.88 Å². The maximum atomic E-state index is 11.3. The highest BCUT2D eigenvalue weighted by Crippen LogP contribution is 2.36. The van der Waals surface area contributed by atoms with Crippen LogP contribution >= 0.6 is 0 Å². The van der Waals surface area contributed by atoms with Gasteiger partial charge in [0.05, 0.1) is 12.0 Å². The van der Waals surface area contributed by atoms with E-state index in [1.807, 2.05) is 13.8 Å². The highest BCUT2D eigenvalue weighted by Gasteiger charge is 2.30. The summed E-state index contributed by atoms with van der Waals surface area (Å²) in [4.78, 5) is 19.2. The Hall–Kier alpha value is -1.96. The second-order valence-electron chi connectivity index (χ2n) is 5.00. The topological polar surface area (TPSA) is 99.4 Å². The number of anilines is 1. The molecule has 1 aliphatic rings. The van der Waals surface area contributed by atoms with Crippen LogP contribution in [0.2, 0.25) is 0 Å². The normalized spacial score (nSPS) is 19.3. The van der Waals surface area contributed by atoms with Crippen LogP contribution in [-0.2, 0) is 4.74 Å². The van der Waals surface area contributed by atoms with E-state index in [0.29, 0.717) is 12.4 Å². The third-order valence-corrected chi connectivity index (χ3v) is 3.46. The van der Waals surface area contributed by atoms with Crippen LogP contribution < -0.4 is 10.1 Å². The monoisotopic (exact) mass is 296 g/mol. The Balaban J connectivity index is 2.45. The van der Waals surface area contributed by atoms with Gasteiger partial charge in [0.25, 0.3) is 5.88 Å². The molecule has 116 valence electrons. The van der Waals surface area contributed by atoms with Gasteiger partial charge in [-0.3, -0.25) is 10.1 Å². The summed E-state index contributed by atoms with van der Waals surface area (Å²) in [6.07, 6.45) is 2.33. The Kier molecular flexibility index (Phi) is 4.89. The van der Waals surface area contributed by atoms with Crippen LogP contribution in [0, 0.1) is 10.1 Å². The number of nitrogens with one attached hydrogen (secondary N) is 1. The van der Waals surface area contributed by atoms with Gasteiger partial charge >= 0.3 is 5.69 Å². The van der Waals surface area contributed by atoms with E-state index in [2.05, 4.69) is 15.3 Å². The van der Waals surface area contributed by atoms with Gasteiger partial charge in [0.2, 0.25) is 5.82 Å². The van der Waals surface area contributed by atoms with Gasteiger partial charge in [0, 0.05) is 12.6 Å². The summed E-state index contributed by atoms with van der Waals surface area (Å²) < 4.78 is 10.6. The van der Waals surface area contributed by atoms with E-state index >= 15 is 0 Å². The number of nitro groups is 1. The summed E-state index contributed by atoms with van der Waals surface area (Å²) in [5.74, 6) is 0.582. The molecule has 1 saturated heterocycles. The third-order valence-electron chi connectivity index (χ3n) is 3.46. The molecule has 1 N–H and O–H groups in total. The quantitative estimate of drug-likeness (QED) is 0.635. The predicted octanol–water partition coefficient (Wildman–Crippen LogP) is 2.46. The fourth-order valence-corrected chi connectivity index (χ4v) is 2.12. The maximum absolute atomic E-state index is 11.3. The number of hydrogen-bond acceptors (Lipinski definition) is 7. The Labute approximate surface area is 123 Å². The molecule has 0 amide bonds. The van der Waals surface area contributed by atoms with Crippen molar-refractivity contribution in [2.45, 2.75) is 45.3 Å². The first kappa shape index (κ1) is 15.4. The first-order valence-electron chi connectivity index (χ1n) is 7.05. The van der Waals surface area contributed by atoms with Crippen LogP contribution in [0.25, 0.3) is 0 Å². The van der Waals surface area contributed by atoms with Gasteiger partial charge in [-0.1, -0.05) is 6.92 Å². The number of methoxy groups -OCH3 is 1. The van der Waals surface area contributed by atoms with Crippen molar-refractivity contribution in [1.82, 2.24) is 9.97 Å². The Morgan fingerprint density at radius 2 is 2.33 bits per heavy atom. The van der Waals surface area contributed by atoms with Gasteiger partial charge in [0.15, 0.2) is 5.82 Å². The van der Waals surface area contributed by atoms with E-state index in [4.69, 9.17) is 9.47 Å². The summed E-state index contributed by atoms with van der Waals surface area (Å²) >= 11 is 0. The molecule has 8 nitrogen and oxygen atoms in total. The number of nitrogens with zero attached hydrogens (tertiary/aromatic N) is 3. The van der Waals surface area contributed by atoms with Gasteiger partial charge in [0.1, 0.15) is 6.10 Å². The SMILES string of the molecule is CCC(C)Nc1nc(C2CCCO2)nc(OC)c1[N+](=O)[O-]. The minimum Gasteiger partial charge on any atom is -0.476 e. The van der Waals surface area contributed by atoms with Crippen LogP contribution in [0.1, 0.15) is 45.0 Å². The minimum atomic E-state index is -0.525. The number of hydrogen-bond donors (Lipinski definition) is 1. The maximum Gasteiger partial charge on any atom is 0.372 e. The van der Waals surface area contributed by atoms with Crippen LogP contribution in [0.3, 0.4) is 0 Å². The van der Waals surface area contributed by atoms with Gasteiger partial charge in [-0.15, -0.1) is 0 Å². The fraction of sp³-hybridized carbons (Fsp3) is 0.692. The van der Waals surface area contributed by atoms with Crippen molar-refractivity contribution in [3.05, 3.63) is 15.9 Å². The van der Waals surface area contributed by atoms with Crippen molar-refractivity contribution in [2.75, 3.05) is 19.0 Å². The fourth-order valence-electron chi connectivity index (χ4n) is 2.12. The van der Waals surface area contributed by atoms with Gasteiger partial charge in [-0.05, 0) is 26.2 Å². The lowest BCUT2D eigenvalue weighted by Gasteiger charge is -2.16. The largest absolute Gasteiger partial charge is 0.476 e. The second kappa shape index (κ2) is 6.66. The summed E-state index contributed by atoms with van der Waals surface area (Å²) in [5.41, 5.74) is -0.237. The van der Waals surface area contributed by atoms with E-state index in [-0.39, 0.29) is 29.5 Å². The van der Waals surface area contributed by atoms with Crippen LogP contribution in [0.4, 0.5) is 11.5 Å². The lowest BCUT2D eigenvalue weighted by Crippen LogP contribution is -2.18. The summed E-state index contributed by atoms with van der Waals surface area (Å²) in [5, 5.41) is 14.3. The number of rotatable bonds is 6. The van der Waals surface area contributed by atoms with Crippen LogP contribution in [0.15, 0.2) is 0 Å². The van der Waals surface area contributed by atoms with Crippen LogP contribution in [-0.4, -0.2) is 34.6 Å². The Morgan fingerprint density at radius 1 is 1.57 bits per heavy atom. The Bertz CT molecular complexity index is 517. The first-order valence-corrected chi connectivity index (χ1v) is 7.05. The lowest BCUT2D eigenvalue weighted by molar-refractivity contribution is -0.385. The van der Waals surface area contributed by atoms with E-state index in [1.54, 1.807) is 0 Å². The van der Waals surface area contributed by atoms with Gasteiger partial charge in [-0.2, -0.15) is 4.98 Å². The first-order chi connectivity index (χ1) is 10.1. The van der Waals surface area contributed by atoms with E-state index < -0.39 is 4.92 Å². The molecule has 0 aliphatic carbocycles. The highest BCUT2D eigenvalue weighted by molar-refractivity contribution is 5.62. The summed E-state index contributed by atoms with van der Waals surface area (Å²) in [7, 11) is 1.36. The zero-order valence-corrected chi connectivity index (χ0v) is 12.5. The molecule has 0 saturated carbocycles. The van der Waals surface area contributed by atoms with Crippen molar-refractivity contribution in [3.63, 3.8) is 0 Å². The van der Waals surface area contributed by atoms with Crippen molar-refractivity contribution in [2.24, 2.45) is 0 Å². The molecule has 0 spiro atoms. The molecule has 1 aromatic heterocycles. The lowest BCUT2D eigenvalue weighted by atomic mass is 10.2. The molecular weight excluding hydrogens is 276 g/mol. The molecule has 2 atom stereocenters. The van der Waals surface area contributed by atoms with E-state index in [9.17, 15) is 10.1 Å². The molecule has 1 fully saturated rings. The Morgan fingerprint density at radius 3 is 2.86 bits per heavy atom. The summed E-state index contributed by atoms with van der Waals surface area (Å²) in [6, 6.07) is 0.0562. The van der Waals surface area contributed by atoms with E-state index in [1.165, 1.54) is 7.11 Å². The number of ether oxygens (including phenoxy) is 2. The van der Waals surface area contributed by atoms with Crippen molar-refractivity contribution >= 4 is 11.5 Å². The zero-order chi connectivity index (χ0) is 15.4. The summed E-state index contributed by atoms with van der Waals surface area (Å²) in [6.45, 7) is 4.58. The molecule has 21 heavy (non-hydrogen) atoms. The zero-order valence-electron chi connectivity index (χ0n) is 12.5. The molecule has 2 unspecified atom stereocenters. The average Bonchev–Trinajstić information content (AvgIpc) is 3.00. The second-order valence-corrected chi connectivity index (χ2v) is 5.00. The average molecular weight is 296 g/mol. The molecule has 1 aromatic rings. The highest BCUT2D eigenvalue weighted by atomic mass is 16.6. The molecule has 8 heteroatoms. The molecule has 0 aromatic carbocycles. The molecule has 2 heterocycles. The van der Waals surface area contributed by atoms with Gasteiger partial charge in [-0.25, -0.2) is 4.98 Å². The van der Waals surface area contributed by atoms with Crippen molar-refractivity contribution in [1.29, 1.82) is 0 Å². The van der Waals surface area contributed by atoms with E-state index in [0.717, 1.165) is 19.3 Å². The van der Waals surface area contributed by atoms with Crippen LogP contribution in [0.5, 0.6) is 5.88 Å². The van der Waals surface area contributed by atoms with Gasteiger partial charge < -0.3 is 14.8 Å². The van der Waals surface area contributed by atoms with Crippen molar-refractivity contribution < 1.29 is 14.4 Å². The number of aromatic nitrogens is 2.